The Kier molecular flexibility index (Phi) is 2.97. The Morgan fingerprint density at radius 1 is 1.33 bits per heavy atom. The van der Waals surface area contributed by atoms with Crippen molar-refractivity contribution in [3.8, 4) is 0 Å². The Morgan fingerprint density at radius 2 is 2.00 bits per heavy atom. The lowest BCUT2D eigenvalue weighted by Gasteiger charge is -2.11. The summed E-state index contributed by atoms with van der Waals surface area (Å²) in [6, 6.07) is 0. The van der Waals surface area contributed by atoms with E-state index in [4.69, 9.17) is 5.90 Å². The van der Waals surface area contributed by atoms with Gasteiger partial charge >= 0.3 is 0 Å². The second kappa shape index (κ2) is 3.82. The standard InChI is InChI=1S/C6H14N2O/c7-9-6-5-8-3-1-2-4-8/h1-7H2. The van der Waals surface area contributed by atoms with Crippen LogP contribution in [-0.4, -0.2) is 31.1 Å². The molecule has 0 amide bonds. The van der Waals surface area contributed by atoms with Crippen molar-refractivity contribution in [1.29, 1.82) is 0 Å². The van der Waals surface area contributed by atoms with Gasteiger partial charge in [-0.25, -0.2) is 5.90 Å². The van der Waals surface area contributed by atoms with Crippen molar-refractivity contribution in [2.45, 2.75) is 12.8 Å². The smallest absolute Gasteiger partial charge is 0.0806 e. The monoisotopic (exact) mass is 130 g/mol. The maximum absolute atomic E-state index is 4.88. The van der Waals surface area contributed by atoms with E-state index in [2.05, 4.69) is 9.74 Å². The summed E-state index contributed by atoms with van der Waals surface area (Å²) >= 11 is 0. The summed E-state index contributed by atoms with van der Waals surface area (Å²) in [6.45, 7) is 4.11. The molecular weight excluding hydrogens is 116 g/mol. The molecule has 2 N–H and O–H groups in total. The number of nitrogens with zero attached hydrogens (tertiary/aromatic N) is 1. The summed E-state index contributed by atoms with van der Waals surface area (Å²) in [7, 11) is 0. The fourth-order valence-corrected chi connectivity index (χ4v) is 1.19. The molecule has 0 unspecified atom stereocenters. The summed E-state index contributed by atoms with van der Waals surface area (Å²) in [4.78, 5) is 6.83. The van der Waals surface area contributed by atoms with Crippen LogP contribution in [0.3, 0.4) is 0 Å². The Labute approximate surface area is 55.7 Å². The van der Waals surface area contributed by atoms with Crippen LogP contribution in [0.25, 0.3) is 0 Å². The predicted octanol–water partition coefficient (Wildman–Crippen LogP) is -0.0275. The van der Waals surface area contributed by atoms with Crippen molar-refractivity contribution in [3.63, 3.8) is 0 Å². The topological polar surface area (TPSA) is 38.5 Å². The average molecular weight is 130 g/mol. The maximum atomic E-state index is 4.88. The third kappa shape index (κ3) is 2.30. The van der Waals surface area contributed by atoms with Gasteiger partial charge in [0, 0.05) is 6.54 Å². The second-order valence-electron chi connectivity index (χ2n) is 2.42. The van der Waals surface area contributed by atoms with E-state index in [1.54, 1.807) is 0 Å². The molecule has 0 spiro atoms. The molecule has 54 valence electrons. The van der Waals surface area contributed by atoms with E-state index >= 15 is 0 Å². The zero-order chi connectivity index (χ0) is 6.53. The van der Waals surface area contributed by atoms with Gasteiger partial charge in [0.05, 0.1) is 6.61 Å². The second-order valence-corrected chi connectivity index (χ2v) is 2.42. The molecule has 1 saturated heterocycles. The molecule has 1 rings (SSSR count). The highest BCUT2D eigenvalue weighted by molar-refractivity contribution is 4.64. The number of likely N-dealkylation sites (tertiary alicyclic amines) is 1. The van der Waals surface area contributed by atoms with Crippen molar-refractivity contribution in [2.24, 2.45) is 5.90 Å². The fraction of sp³-hybridized carbons (Fsp3) is 1.00. The highest BCUT2D eigenvalue weighted by atomic mass is 16.6. The summed E-state index contributed by atoms with van der Waals surface area (Å²) in [5.74, 6) is 4.88. The van der Waals surface area contributed by atoms with Crippen molar-refractivity contribution in [1.82, 2.24) is 4.90 Å². The number of nitrogens with two attached hydrogens (primary N) is 1. The van der Waals surface area contributed by atoms with Crippen molar-refractivity contribution in [2.75, 3.05) is 26.2 Å². The molecule has 0 aromatic carbocycles. The van der Waals surface area contributed by atoms with E-state index in [1.807, 2.05) is 0 Å². The Bertz CT molecular complexity index is 71.5. The van der Waals surface area contributed by atoms with Crippen LogP contribution < -0.4 is 5.90 Å². The van der Waals surface area contributed by atoms with Crippen LogP contribution in [0.4, 0.5) is 0 Å². The zero-order valence-electron chi connectivity index (χ0n) is 5.68. The van der Waals surface area contributed by atoms with Crippen LogP contribution in [-0.2, 0) is 4.84 Å². The van der Waals surface area contributed by atoms with E-state index in [0.717, 1.165) is 6.54 Å². The van der Waals surface area contributed by atoms with Crippen molar-refractivity contribution >= 4 is 0 Å². The van der Waals surface area contributed by atoms with E-state index in [0.29, 0.717) is 6.61 Å². The van der Waals surface area contributed by atoms with Gasteiger partial charge in [0.1, 0.15) is 0 Å². The van der Waals surface area contributed by atoms with Crippen LogP contribution in [0.1, 0.15) is 12.8 Å². The predicted molar refractivity (Wildman–Crippen MR) is 35.8 cm³/mol. The molecule has 0 bridgehead atoms. The molecular formula is C6H14N2O. The van der Waals surface area contributed by atoms with Crippen LogP contribution in [0.5, 0.6) is 0 Å². The highest BCUT2D eigenvalue weighted by Gasteiger charge is 2.09. The Hall–Kier alpha value is -0.120. The van der Waals surface area contributed by atoms with Gasteiger partial charge in [0.25, 0.3) is 0 Å². The van der Waals surface area contributed by atoms with Gasteiger partial charge in [-0.05, 0) is 25.9 Å². The lowest BCUT2D eigenvalue weighted by Crippen LogP contribution is -2.24. The fourth-order valence-electron chi connectivity index (χ4n) is 1.19. The third-order valence-corrected chi connectivity index (χ3v) is 1.72. The minimum atomic E-state index is 0.667. The van der Waals surface area contributed by atoms with E-state index in [9.17, 15) is 0 Å². The van der Waals surface area contributed by atoms with E-state index in [1.165, 1.54) is 25.9 Å². The summed E-state index contributed by atoms with van der Waals surface area (Å²) in [5, 5.41) is 0. The number of rotatable bonds is 3. The molecule has 3 nitrogen and oxygen atoms in total. The molecule has 1 aliphatic heterocycles. The normalized spacial score (nSPS) is 21.0. The lowest BCUT2D eigenvalue weighted by molar-refractivity contribution is 0.113. The summed E-state index contributed by atoms with van der Waals surface area (Å²) in [5.41, 5.74) is 0. The average Bonchev–Trinajstić information content (AvgIpc) is 2.34. The number of hydrogen-bond acceptors (Lipinski definition) is 3. The summed E-state index contributed by atoms with van der Waals surface area (Å²) in [6.07, 6.45) is 2.68. The van der Waals surface area contributed by atoms with Crippen LogP contribution in [0.15, 0.2) is 0 Å². The lowest BCUT2D eigenvalue weighted by atomic mass is 10.4. The molecule has 0 aromatic rings. The molecule has 0 aromatic heterocycles. The molecule has 1 heterocycles. The molecule has 1 aliphatic rings. The first-order valence-electron chi connectivity index (χ1n) is 3.47. The van der Waals surface area contributed by atoms with Gasteiger partial charge in [-0.15, -0.1) is 0 Å². The van der Waals surface area contributed by atoms with Crippen molar-refractivity contribution in [3.05, 3.63) is 0 Å². The van der Waals surface area contributed by atoms with Crippen molar-refractivity contribution < 1.29 is 4.84 Å². The molecule has 0 saturated carbocycles. The van der Waals surface area contributed by atoms with Crippen LogP contribution in [0.2, 0.25) is 0 Å². The van der Waals surface area contributed by atoms with Crippen LogP contribution >= 0.6 is 0 Å². The highest BCUT2D eigenvalue weighted by Crippen LogP contribution is 2.05. The number of hydrogen-bond donors (Lipinski definition) is 1. The SMILES string of the molecule is NOCCN1CCCC1. The Morgan fingerprint density at radius 3 is 2.56 bits per heavy atom. The molecule has 0 radical (unpaired) electrons. The Balaban J connectivity index is 1.98. The van der Waals surface area contributed by atoms with Crippen LogP contribution in [0, 0.1) is 0 Å². The third-order valence-electron chi connectivity index (χ3n) is 1.72. The van der Waals surface area contributed by atoms with E-state index in [-0.39, 0.29) is 0 Å². The molecule has 0 atom stereocenters. The minimum Gasteiger partial charge on any atom is -0.303 e. The summed E-state index contributed by atoms with van der Waals surface area (Å²) < 4.78 is 0. The van der Waals surface area contributed by atoms with Gasteiger partial charge in [-0.2, -0.15) is 0 Å². The first kappa shape index (κ1) is 6.99. The van der Waals surface area contributed by atoms with E-state index < -0.39 is 0 Å². The quantitative estimate of drug-likeness (QED) is 0.545. The van der Waals surface area contributed by atoms with Gasteiger partial charge in [0.15, 0.2) is 0 Å². The largest absolute Gasteiger partial charge is 0.303 e. The molecule has 9 heavy (non-hydrogen) atoms. The molecule has 1 fully saturated rings. The zero-order valence-corrected chi connectivity index (χ0v) is 5.68. The molecule has 0 aliphatic carbocycles. The maximum Gasteiger partial charge on any atom is 0.0806 e. The molecule has 3 heteroatoms. The first-order chi connectivity index (χ1) is 4.43. The van der Waals surface area contributed by atoms with Gasteiger partial charge in [0.2, 0.25) is 0 Å². The van der Waals surface area contributed by atoms with Gasteiger partial charge in [-0.1, -0.05) is 0 Å². The minimum absolute atomic E-state index is 0.667. The van der Waals surface area contributed by atoms with Gasteiger partial charge < -0.3 is 9.74 Å². The van der Waals surface area contributed by atoms with Gasteiger partial charge in [-0.3, -0.25) is 0 Å². The first-order valence-corrected chi connectivity index (χ1v) is 3.47.